The molecule has 3 aromatic rings. The molecular formula is C13H12ClN3OS. The number of fused-ring (bicyclic) bond motifs is 1. The molecule has 0 aromatic carbocycles. The Bertz CT molecular complexity index is 815. The minimum atomic E-state index is 0.0121. The van der Waals surface area contributed by atoms with Gasteiger partial charge in [-0.2, -0.15) is 5.10 Å². The van der Waals surface area contributed by atoms with Crippen LogP contribution in [0.5, 0.6) is 0 Å². The molecule has 0 saturated heterocycles. The first-order valence-electron chi connectivity index (χ1n) is 5.82. The maximum absolute atomic E-state index is 12.3. The van der Waals surface area contributed by atoms with Crippen LogP contribution >= 0.6 is 22.9 Å². The Morgan fingerprint density at radius 2 is 2.21 bits per heavy atom. The lowest BCUT2D eigenvalue weighted by Crippen LogP contribution is -2.19. The van der Waals surface area contributed by atoms with Gasteiger partial charge in [-0.25, -0.2) is 0 Å². The van der Waals surface area contributed by atoms with E-state index >= 15 is 0 Å². The number of rotatable bonds is 2. The van der Waals surface area contributed by atoms with Crippen molar-refractivity contribution in [2.75, 3.05) is 0 Å². The van der Waals surface area contributed by atoms with E-state index in [1.807, 2.05) is 30.6 Å². The molecule has 0 radical (unpaired) electrons. The van der Waals surface area contributed by atoms with E-state index in [0.717, 1.165) is 21.3 Å². The van der Waals surface area contributed by atoms with Gasteiger partial charge in [0.05, 0.1) is 17.6 Å². The highest BCUT2D eigenvalue weighted by molar-refractivity contribution is 7.17. The van der Waals surface area contributed by atoms with Gasteiger partial charge in [-0.05, 0) is 24.4 Å². The van der Waals surface area contributed by atoms with E-state index in [-0.39, 0.29) is 5.56 Å². The lowest BCUT2D eigenvalue weighted by molar-refractivity contribution is 0.754. The summed E-state index contributed by atoms with van der Waals surface area (Å²) in [7, 11) is 1.80. The predicted octanol–water partition coefficient (Wildman–Crippen LogP) is 2.81. The Hall–Kier alpha value is -1.59. The molecule has 0 amide bonds. The van der Waals surface area contributed by atoms with Gasteiger partial charge in [0.2, 0.25) is 0 Å². The number of nitrogens with zero attached hydrogens (tertiary/aromatic N) is 3. The van der Waals surface area contributed by atoms with Crippen LogP contribution in [0, 0.1) is 6.92 Å². The number of halogens is 1. The number of hydrogen-bond acceptors (Lipinski definition) is 3. The normalized spacial score (nSPS) is 11.3. The third kappa shape index (κ3) is 1.99. The molecule has 19 heavy (non-hydrogen) atoms. The molecule has 0 spiro atoms. The van der Waals surface area contributed by atoms with Crippen molar-refractivity contribution in [2.45, 2.75) is 13.5 Å². The molecule has 3 heterocycles. The van der Waals surface area contributed by atoms with Crippen molar-refractivity contribution in [1.29, 1.82) is 0 Å². The molecule has 3 rings (SSSR count). The summed E-state index contributed by atoms with van der Waals surface area (Å²) in [6, 6.07) is 3.82. The third-order valence-corrected chi connectivity index (χ3v) is 4.55. The molecule has 0 bridgehead atoms. The zero-order valence-electron chi connectivity index (χ0n) is 10.6. The summed E-state index contributed by atoms with van der Waals surface area (Å²) in [5.74, 6) is 0. The molecule has 98 valence electrons. The zero-order chi connectivity index (χ0) is 13.6. The van der Waals surface area contributed by atoms with Crippen molar-refractivity contribution >= 4 is 33.0 Å². The summed E-state index contributed by atoms with van der Waals surface area (Å²) in [6.07, 6.45) is 1.81. The van der Waals surface area contributed by atoms with Crippen LogP contribution in [0.15, 0.2) is 28.5 Å². The van der Waals surface area contributed by atoms with Crippen LogP contribution in [0.25, 0.3) is 10.1 Å². The smallest absolute Gasteiger partial charge is 0.259 e. The van der Waals surface area contributed by atoms with Crippen molar-refractivity contribution in [3.05, 3.63) is 50.5 Å². The van der Waals surface area contributed by atoms with Crippen LogP contribution < -0.4 is 5.56 Å². The van der Waals surface area contributed by atoms with E-state index < -0.39 is 0 Å². The monoisotopic (exact) mass is 293 g/mol. The fourth-order valence-electron chi connectivity index (χ4n) is 2.16. The summed E-state index contributed by atoms with van der Waals surface area (Å²) in [5, 5.41) is 7.52. The van der Waals surface area contributed by atoms with Crippen molar-refractivity contribution < 1.29 is 0 Å². The van der Waals surface area contributed by atoms with Gasteiger partial charge in [-0.3, -0.25) is 9.48 Å². The van der Waals surface area contributed by atoms with E-state index in [1.54, 1.807) is 27.6 Å². The van der Waals surface area contributed by atoms with Crippen LogP contribution in [0.1, 0.15) is 11.3 Å². The Morgan fingerprint density at radius 3 is 2.89 bits per heavy atom. The Labute approximate surface area is 118 Å². The first-order valence-corrected chi connectivity index (χ1v) is 7.08. The molecule has 0 saturated carbocycles. The maximum Gasteiger partial charge on any atom is 0.259 e. The van der Waals surface area contributed by atoms with Crippen LogP contribution in [-0.4, -0.2) is 14.3 Å². The second kappa shape index (κ2) is 4.51. The Morgan fingerprint density at radius 1 is 1.42 bits per heavy atom. The molecule has 3 aromatic heterocycles. The summed E-state index contributed by atoms with van der Waals surface area (Å²) >= 11 is 7.77. The highest BCUT2D eigenvalue weighted by Gasteiger charge is 2.13. The van der Waals surface area contributed by atoms with E-state index in [4.69, 9.17) is 11.6 Å². The molecule has 0 atom stereocenters. The minimum absolute atomic E-state index is 0.0121. The van der Waals surface area contributed by atoms with Crippen molar-refractivity contribution in [2.24, 2.45) is 7.05 Å². The number of hydrogen-bond donors (Lipinski definition) is 0. The van der Waals surface area contributed by atoms with Gasteiger partial charge in [-0.1, -0.05) is 11.6 Å². The van der Waals surface area contributed by atoms with Crippen molar-refractivity contribution in [3.63, 3.8) is 0 Å². The van der Waals surface area contributed by atoms with Gasteiger partial charge in [0.1, 0.15) is 5.15 Å². The summed E-state index contributed by atoms with van der Waals surface area (Å²) < 4.78 is 4.31. The lowest BCUT2D eigenvalue weighted by Gasteiger charge is -2.05. The third-order valence-electron chi connectivity index (χ3n) is 3.19. The maximum atomic E-state index is 12.3. The van der Waals surface area contributed by atoms with Crippen LogP contribution in [0.4, 0.5) is 0 Å². The largest absolute Gasteiger partial charge is 0.310 e. The average molecular weight is 294 g/mol. The van der Waals surface area contributed by atoms with Gasteiger partial charge in [0.25, 0.3) is 5.56 Å². The predicted molar refractivity (Wildman–Crippen MR) is 78.1 cm³/mol. The van der Waals surface area contributed by atoms with Gasteiger partial charge in [0, 0.05) is 23.5 Å². The molecule has 0 aliphatic rings. The van der Waals surface area contributed by atoms with E-state index in [0.29, 0.717) is 11.7 Å². The molecule has 0 aliphatic carbocycles. The molecule has 0 fully saturated rings. The van der Waals surface area contributed by atoms with Crippen LogP contribution in [0.2, 0.25) is 5.15 Å². The fraction of sp³-hybridized carbons (Fsp3) is 0.231. The van der Waals surface area contributed by atoms with Gasteiger partial charge < -0.3 is 4.57 Å². The Balaban J connectivity index is 2.10. The summed E-state index contributed by atoms with van der Waals surface area (Å²) in [4.78, 5) is 12.3. The first-order chi connectivity index (χ1) is 9.08. The number of thiophene rings is 1. The van der Waals surface area contributed by atoms with Gasteiger partial charge in [0.15, 0.2) is 0 Å². The van der Waals surface area contributed by atoms with E-state index in [1.165, 1.54) is 0 Å². The second-order valence-electron chi connectivity index (χ2n) is 4.43. The molecule has 0 N–H and O–H groups in total. The second-order valence-corrected chi connectivity index (χ2v) is 5.73. The number of pyridine rings is 1. The lowest BCUT2D eigenvalue weighted by atomic mass is 10.2. The van der Waals surface area contributed by atoms with Crippen LogP contribution in [0.3, 0.4) is 0 Å². The summed E-state index contributed by atoms with van der Waals surface area (Å²) in [6.45, 7) is 2.35. The standard InChI is InChI=1S/C13H12ClN3OS/c1-8-10(12(14)16(2)15-8)7-17-5-3-11-9(13(17)18)4-6-19-11/h3-6H,7H2,1-2H3. The molecule has 0 unspecified atom stereocenters. The van der Waals surface area contributed by atoms with E-state index in [2.05, 4.69) is 5.10 Å². The minimum Gasteiger partial charge on any atom is -0.310 e. The first kappa shape index (κ1) is 12.4. The average Bonchev–Trinajstić information content (AvgIpc) is 2.93. The van der Waals surface area contributed by atoms with Crippen molar-refractivity contribution in [3.8, 4) is 0 Å². The van der Waals surface area contributed by atoms with E-state index in [9.17, 15) is 4.79 Å². The zero-order valence-corrected chi connectivity index (χ0v) is 12.1. The SMILES string of the molecule is Cc1nn(C)c(Cl)c1Cn1ccc2sccc2c1=O. The Kier molecular flexibility index (Phi) is 2.95. The quantitative estimate of drug-likeness (QED) is 0.729. The molecule has 4 nitrogen and oxygen atoms in total. The van der Waals surface area contributed by atoms with Gasteiger partial charge in [-0.15, -0.1) is 11.3 Å². The molecular weight excluding hydrogens is 282 g/mol. The molecule has 0 aliphatic heterocycles. The van der Waals surface area contributed by atoms with Crippen molar-refractivity contribution in [1.82, 2.24) is 14.3 Å². The highest BCUT2D eigenvalue weighted by atomic mass is 35.5. The fourth-order valence-corrected chi connectivity index (χ4v) is 3.16. The van der Waals surface area contributed by atoms with Crippen LogP contribution in [-0.2, 0) is 13.6 Å². The molecule has 6 heteroatoms. The van der Waals surface area contributed by atoms with Gasteiger partial charge >= 0.3 is 0 Å². The number of aromatic nitrogens is 3. The number of aryl methyl sites for hydroxylation is 2. The topological polar surface area (TPSA) is 39.8 Å². The highest BCUT2D eigenvalue weighted by Crippen LogP contribution is 2.21. The summed E-state index contributed by atoms with van der Waals surface area (Å²) in [5.41, 5.74) is 1.75.